The molecule has 0 fully saturated rings. The van der Waals surface area contributed by atoms with Gasteiger partial charge < -0.3 is 4.74 Å². The molecular weight excluding hydrogens is 524 g/mol. The molecule has 2 heteroatoms. The number of hydrogen-bond acceptors (Lipinski definition) is 2. The molecule has 5 aromatic carbocycles. The van der Waals surface area contributed by atoms with E-state index in [0.29, 0.717) is 0 Å². The maximum Gasteiger partial charge on any atom is 0.159 e. The summed E-state index contributed by atoms with van der Waals surface area (Å²) in [6.07, 6.45) is 7.63. The summed E-state index contributed by atoms with van der Waals surface area (Å²) in [6, 6.07) is 21.6. The van der Waals surface area contributed by atoms with Crippen molar-refractivity contribution < 1.29 is 9.53 Å². The smallest absolute Gasteiger partial charge is 0.159 e. The van der Waals surface area contributed by atoms with Gasteiger partial charge in [-0.05, 0) is 145 Å². The van der Waals surface area contributed by atoms with Crippen molar-refractivity contribution in [1.82, 2.24) is 0 Å². The van der Waals surface area contributed by atoms with E-state index in [9.17, 15) is 4.79 Å². The van der Waals surface area contributed by atoms with Crippen LogP contribution in [0, 0.1) is 41.5 Å². The molecule has 5 rings (SSSR count). The van der Waals surface area contributed by atoms with E-state index >= 15 is 0 Å². The number of fused-ring (bicyclic) bond motifs is 6. The lowest BCUT2D eigenvalue weighted by molar-refractivity contribution is 0.101. The number of carbonyl (C=O) groups is 1. The minimum atomic E-state index is 0. The Morgan fingerprint density at radius 3 is 1.19 bits per heavy atom. The van der Waals surface area contributed by atoms with Gasteiger partial charge in [0.25, 0.3) is 0 Å². The van der Waals surface area contributed by atoms with E-state index < -0.39 is 0 Å². The fourth-order valence-corrected chi connectivity index (χ4v) is 5.64. The standard InChI is InChI=1S/C24H24.C16H24O2.CH4/c1-13-7-19-20(8-14(13)2)22-10-16(4)18(6)12-24(22)23-11-17(5)15(3)9-21(19)23;1-3-4-5-6-7-8-13-18-16-11-9-15(10-12-16)14(2)17;/h7-12H,1-6H3;9-12H,3-8,13H2,1-2H3;1H4. The summed E-state index contributed by atoms with van der Waals surface area (Å²) in [5.41, 5.74) is 8.93. The lowest BCUT2D eigenvalue weighted by Crippen LogP contribution is -1.98. The number of rotatable bonds is 9. The summed E-state index contributed by atoms with van der Waals surface area (Å²) in [4.78, 5) is 11.1. The number of benzene rings is 5. The Hall–Kier alpha value is -3.65. The molecule has 0 amide bonds. The second-order valence-corrected chi connectivity index (χ2v) is 12.1. The third-order valence-corrected chi connectivity index (χ3v) is 8.80. The zero-order valence-electron chi connectivity index (χ0n) is 27.0. The van der Waals surface area contributed by atoms with Crippen molar-refractivity contribution in [2.75, 3.05) is 6.61 Å². The van der Waals surface area contributed by atoms with Crippen molar-refractivity contribution in [3.63, 3.8) is 0 Å². The first-order valence-electron chi connectivity index (χ1n) is 15.7. The van der Waals surface area contributed by atoms with Gasteiger partial charge in [0.15, 0.2) is 5.78 Å². The first-order chi connectivity index (χ1) is 20.1. The second-order valence-electron chi connectivity index (χ2n) is 12.1. The molecule has 0 unspecified atom stereocenters. The normalized spacial score (nSPS) is 10.9. The molecule has 0 aliphatic rings. The lowest BCUT2D eigenvalue weighted by Gasteiger charge is -2.16. The molecule has 0 bridgehead atoms. The van der Waals surface area contributed by atoms with Gasteiger partial charge in [0, 0.05) is 5.56 Å². The van der Waals surface area contributed by atoms with Crippen LogP contribution < -0.4 is 4.74 Å². The van der Waals surface area contributed by atoms with Gasteiger partial charge in [-0.15, -0.1) is 0 Å². The van der Waals surface area contributed by atoms with Crippen molar-refractivity contribution in [2.45, 2.75) is 101 Å². The highest BCUT2D eigenvalue weighted by Crippen LogP contribution is 2.38. The van der Waals surface area contributed by atoms with Crippen molar-refractivity contribution in [1.29, 1.82) is 0 Å². The van der Waals surface area contributed by atoms with Crippen LogP contribution in [-0.2, 0) is 0 Å². The molecule has 0 aromatic heterocycles. The van der Waals surface area contributed by atoms with Gasteiger partial charge in [-0.1, -0.05) is 82.9 Å². The summed E-state index contributed by atoms with van der Waals surface area (Å²) in [7, 11) is 0. The average Bonchev–Trinajstić information content (AvgIpc) is 2.96. The number of ether oxygens (including phenoxy) is 1. The first kappa shape index (κ1) is 33.8. The van der Waals surface area contributed by atoms with Crippen molar-refractivity contribution in [2.24, 2.45) is 0 Å². The van der Waals surface area contributed by atoms with Crippen molar-refractivity contribution >= 4 is 38.1 Å². The zero-order chi connectivity index (χ0) is 30.4. The van der Waals surface area contributed by atoms with Crippen LogP contribution in [0.1, 0.15) is 104 Å². The van der Waals surface area contributed by atoms with E-state index in [2.05, 4.69) is 84.9 Å². The Balaban J connectivity index is 0.000000241. The van der Waals surface area contributed by atoms with Crippen LogP contribution in [0.5, 0.6) is 5.75 Å². The SMILES string of the molecule is C.CCCCCCCCOc1ccc(C(C)=O)cc1.Cc1cc2c3cc(C)c(C)cc3c3cc(C)c(C)cc3c2cc1C. The fraction of sp³-hybridized carbons (Fsp3) is 0.390. The van der Waals surface area contributed by atoms with Crippen LogP contribution in [0.4, 0.5) is 0 Å². The third kappa shape index (κ3) is 8.05. The molecule has 0 atom stereocenters. The first-order valence-corrected chi connectivity index (χ1v) is 15.7. The van der Waals surface area contributed by atoms with Crippen LogP contribution in [-0.4, -0.2) is 12.4 Å². The van der Waals surface area contributed by atoms with E-state index in [1.165, 1.54) is 97.8 Å². The van der Waals surface area contributed by atoms with Crippen LogP contribution in [0.25, 0.3) is 32.3 Å². The predicted octanol–water partition coefficient (Wildman–Crippen LogP) is 12.3. The molecule has 0 spiro atoms. The number of unbranched alkanes of at least 4 members (excludes halogenated alkanes) is 5. The topological polar surface area (TPSA) is 26.3 Å². The lowest BCUT2D eigenvalue weighted by atomic mass is 9.88. The predicted molar refractivity (Wildman–Crippen MR) is 189 cm³/mol. The summed E-state index contributed by atoms with van der Waals surface area (Å²) in [5.74, 6) is 0.950. The number of hydrogen-bond donors (Lipinski definition) is 0. The summed E-state index contributed by atoms with van der Waals surface area (Å²) in [5, 5.41) is 8.29. The molecule has 0 N–H and O–H groups in total. The number of aryl methyl sites for hydroxylation is 6. The maximum absolute atomic E-state index is 11.1. The van der Waals surface area contributed by atoms with E-state index in [-0.39, 0.29) is 13.2 Å². The van der Waals surface area contributed by atoms with Crippen LogP contribution in [0.3, 0.4) is 0 Å². The Morgan fingerprint density at radius 2 is 0.860 bits per heavy atom. The molecule has 0 saturated carbocycles. The molecule has 5 aromatic rings. The second kappa shape index (κ2) is 15.2. The Labute approximate surface area is 260 Å². The molecule has 228 valence electrons. The number of ketones is 1. The summed E-state index contributed by atoms with van der Waals surface area (Å²) in [6.45, 7) is 17.9. The van der Waals surface area contributed by atoms with Crippen molar-refractivity contribution in [3.05, 3.63) is 99.6 Å². The highest BCUT2D eigenvalue weighted by atomic mass is 16.5. The molecule has 0 radical (unpaired) electrons. The van der Waals surface area contributed by atoms with E-state index in [1.54, 1.807) is 6.92 Å². The van der Waals surface area contributed by atoms with Gasteiger partial charge in [-0.2, -0.15) is 0 Å². The highest BCUT2D eigenvalue weighted by Gasteiger charge is 2.12. The quantitative estimate of drug-likeness (QED) is 0.0991. The van der Waals surface area contributed by atoms with Gasteiger partial charge in [-0.25, -0.2) is 0 Å². The van der Waals surface area contributed by atoms with Crippen LogP contribution in [0.15, 0.2) is 60.7 Å². The molecule has 0 heterocycles. The van der Waals surface area contributed by atoms with E-state index in [4.69, 9.17) is 4.74 Å². The summed E-state index contributed by atoms with van der Waals surface area (Å²) < 4.78 is 5.64. The van der Waals surface area contributed by atoms with Gasteiger partial charge in [0.2, 0.25) is 0 Å². The molecule has 0 aliphatic carbocycles. The highest BCUT2D eigenvalue weighted by molar-refractivity contribution is 6.26. The van der Waals surface area contributed by atoms with E-state index in [0.717, 1.165) is 24.3 Å². The van der Waals surface area contributed by atoms with E-state index in [1.807, 2.05) is 24.3 Å². The summed E-state index contributed by atoms with van der Waals surface area (Å²) >= 11 is 0. The molecular formula is C41H52O2. The minimum absolute atomic E-state index is 0. The van der Waals surface area contributed by atoms with Crippen LogP contribution in [0.2, 0.25) is 0 Å². The maximum atomic E-state index is 11.1. The minimum Gasteiger partial charge on any atom is -0.494 e. The molecule has 2 nitrogen and oxygen atoms in total. The molecule has 43 heavy (non-hydrogen) atoms. The molecule has 0 aliphatic heterocycles. The monoisotopic (exact) mass is 576 g/mol. The Bertz CT molecular complexity index is 1440. The Kier molecular flexibility index (Phi) is 12.0. The third-order valence-electron chi connectivity index (χ3n) is 8.80. The van der Waals surface area contributed by atoms with Crippen molar-refractivity contribution in [3.8, 4) is 5.75 Å². The Morgan fingerprint density at radius 1 is 0.535 bits per heavy atom. The van der Waals surface area contributed by atoms with Crippen LogP contribution >= 0.6 is 0 Å². The average molecular weight is 577 g/mol. The van der Waals surface area contributed by atoms with Gasteiger partial charge in [-0.3, -0.25) is 4.79 Å². The molecule has 0 saturated heterocycles. The van der Waals surface area contributed by atoms with Gasteiger partial charge in [0.05, 0.1) is 6.61 Å². The fourth-order valence-electron chi connectivity index (χ4n) is 5.64. The largest absolute Gasteiger partial charge is 0.494 e. The zero-order valence-corrected chi connectivity index (χ0v) is 27.0. The number of carbonyl (C=O) groups excluding carboxylic acids is 1. The van der Waals surface area contributed by atoms with Gasteiger partial charge >= 0.3 is 0 Å². The van der Waals surface area contributed by atoms with Gasteiger partial charge in [0.1, 0.15) is 5.75 Å². The number of Topliss-reactive ketones (excluding diaryl/α,β-unsaturated/α-hetero) is 1.